The molecule has 1 N–H and O–H groups in total. The lowest BCUT2D eigenvalue weighted by molar-refractivity contribution is 0.131. The summed E-state index contributed by atoms with van der Waals surface area (Å²) in [4.78, 5) is 0. The van der Waals surface area contributed by atoms with Crippen LogP contribution in [0.15, 0.2) is 30.3 Å². The van der Waals surface area contributed by atoms with Crippen molar-refractivity contribution in [1.29, 1.82) is 0 Å². The standard InChI is InChI=1S/C14H20O/c15-14(13-9-5-2-6-10-13)11-12-7-3-1-4-8-12/h2,5-6,9-10,12,14-15H,1,3-4,7-8,11H2. The molecule has 0 aliphatic heterocycles. The van der Waals surface area contributed by atoms with Crippen molar-refractivity contribution in [3.05, 3.63) is 35.9 Å². The highest BCUT2D eigenvalue weighted by Gasteiger charge is 2.18. The fourth-order valence-electron chi connectivity index (χ4n) is 2.55. The van der Waals surface area contributed by atoms with E-state index in [2.05, 4.69) is 0 Å². The fourth-order valence-corrected chi connectivity index (χ4v) is 2.55. The summed E-state index contributed by atoms with van der Waals surface area (Å²) in [5, 5.41) is 10.1. The molecule has 15 heavy (non-hydrogen) atoms. The van der Waals surface area contributed by atoms with Crippen molar-refractivity contribution in [1.82, 2.24) is 0 Å². The van der Waals surface area contributed by atoms with Gasteiger partial charge in [0.2, 0.25) is 0 Å². The van der Waals surface area contributed by atoms with E-state index in [4.69, 9.17) is 0 Å². The van der Waals surface area contributed by atoms with E-state index in [-0.39, 0.29) is 6.10 Å². The van der Waals surface area contributed by atoms with Gasteiger partial charge in [-0.15, -0.1) is 0 Å². The van der Waals surface area contributed by atoms with E-state index in [0.29, 0.717) is 0 Å². The van der Waals surface area contributed by atoms with Crippen molar-refractivity contribution in [3.63, 3.8) is 0 Å². The molecule has 1 aliphatic carbocycles. The summed E-state index contributed by atoms with van der Waals surface area (Å²) >= 11 is 0. The molecule has 0 spiro atoms. The van der Waals surface area contributed by atoms with Gasteiger partial charge in [-0.3, -0.25) is 0 Å². The molecule has 1 aromatic carbocycles. The molecule has 1 fully saturated rings. The van der Waals surface area contributed by atoms with Crippen LogP contribution in [0.25, 0.3) is 0 Å². The SMILES string of the molecule is OC(CC1CCCCC1)c1ccccc1. The second-order valence-electron chi connectivity index (χ2n) is 4.67. The normalized spacial score (nSPS) is 20.1. The number of benzene rings is 1. The van der Waals surface area contributed by atoms with E-state index in [9.17, 15) is 5.11 Å². The molecule has 0 amide bonds. The molecule has 0 aromatic heterocycles. The molecule has 1 aliphatic rings. The molecule has 82 valence electrons. The Morgan fingerprint density at radius 1 is 1.07 bits per heavy atom. The van der Waals surface area contributed by atoms with Gasteiger partial charge in [0, 0.05) is 0 Å². The summed E-state index contributed by atoms with van der Waals surface area (Å²) in [5.41, 5.74) is 1.07. The Balaban J connectivity index is 1.88. The Morgan fingerprint density at radius 3 is 2.40 bits per heavy atom. The number of aliphatic hydroxyl groups is 1. The zero-order chi connectivity index (χ0) is 10.5. The van der Waals surface area contributed by atoms with E-state index in [0.717, 1.165) is 17.9 Å². The Kier molecular flexibility index (Phi) is 3.79. The first kappa shape index (κ1) is 10.7. The third kappa shape index (κ3) is 3.07. The van der Waals surface area contributed by atoms with E-state index in [1.807, 2.05) is 30.3 Å². The first-order valence-electron chi connectivity index (χ1n) is 6.09. The van der Waals surface area contributed by atoms with Gasteiger partial charge in [-0.2, -0.15) is 0 Å². The number of aliphatic hydroxyl groups excluding tert-OH is 1. The fraction of sp³-hybridized carbons (Fsp3) is 0.571. The molecule has 1 atom stereocenters. The molecular formula is C14H20O. The van der Waals surface area contributed by atoms with Crippen LogP contribution in [0.4, 0.5) is 0 Å². The molecular weight excluding hydrogens is 184 g/mol. The van der Waals surface area contributed by atoms with Crippen LogP contribution in [-0.4, -0.2) is 5.11 Å². The lowest BCUT2D eigenvalue weighted by atomic mass is 9.84. The predicted octanol–water partition coefficient (Wildman–Crippen LogP) is 3.69. The van der Waals surface area contributed by atoms with Crippen LogP contribution >= 0.6 is 0 Å². The van der Waals surface area contributed by atoms with Crippen molar-refractivity contribution in [2.24, 2.45) is 5.92 Å². The first-order chi connectivity index (χ1) is 7.36. The molecule has 1 nitrogen and oxygen atoms in total. The summed E-state index contributed by atoms with van der Waals surface area (Å²) in [6, 6.07) is 10.0. The Labute approximate surface area is 92.1 Å². The Morgan fingerprint density at radius 2 is 1.73 bits per heavy atom. The van der Waals surface area contributed by atoms with Gasteiger partial charge in [0.15, 0.2) is 0 Å². The average molecular weight is 204 g/mol. The second kappa shape index (κ2) is 5.32. The van der Waals surface area contributed by atoms with Crippen LogP contribution in [-0.2, 0) is 0 Å². The van der Waals surface area contributed by atoms with Gasteiger partial charge < -0.3 is 5.11 Å². The van der Waals surface area contributed by atoms with Crippen LogP contribution in [0.2, 0.25) is 0 Å². The topological polar surface area (TPSA) is 20.2 Å². The van der Waals surface area contributed by atoms with Crippen LogP contribution in [0.5, 0.6) is 0 Å². The van der Waals surface area contributed by atoms with Crippen molar-refractivity contribution in [2.75, 3.05) is 0 Å². The summed E-state index contributed by atoms with van der Waals surface area (Å²) in [6.07, 6.45) is 7.41. The highest BCUT2D eigenvalue weighted by Crippen LogP contribution is 2.31. The van der Waals surface area contributed by atoms with E-state index in [1.54, 1.807) is 0 Å². The Hall–Kier alpha value is -0.820. The maximum Gasteiger partial charge on any atom is 0.0792 e. The van der Waals surface area contributed by atoms with Crippen LogP contribution < -0.4 is 0 Å². The van der Waals surface area contributed by atoms with Gasteiger partial charge in [-0.1, -0.05) is 62.4 Å². The average Bonchev–Trinajstić information content (AvgIpc) is 2.31. The quantitative estimate of drug-likeness (QED) is 0.796. The predicted molar refractivity (Wildman–Crippen MR) is 62.6 cm³/mol. The first-order valence-corrected chi connectivity index (χ1v) is 6.09. The summed E-state index contributed by atoms with van der Waals surface area (Å²) in [6.45, 7) is 0. The minimum Gasteiger partial charge on any atom is -0.388 e. The van der Waals surface area contributed by atoms with Gasteiger partial charge >= 0.3 is 0 Å². The monoisotopic (exact) mass is 204 g/mol. The molecule has 0 bridgehead atoms. The van der Waals surface area contributed by atoms with Gasteiger partial charge in [0.25, 0.3) is 0 Å². The summed E-state index contributed by atoms with van der Waals surface area (Å²) in [7, 11) is 0. The molecule has 0 radical (unpaired) electrons. The van der Waals surface area contributed by atoms with Gasteiger partial charge in [0.1, 0.15) is 0 Å². The molecule has 0 heterocycles. The third-order valence-electron chi connectivity index (χ3n) is 3.47. The highest BCUT2D eigenvalue weighted by atomic mass is 16.3. The van der Waals surface area contributed by atoms with E-state index in [1.165, 1.54) is 32.1 Å². The smallest absolute Gasteiger partial charge is 0.0792 e. The lowest BCUT2D eigenvalue weighted by Crippen LogP contribution is -2.11. The lowest BCUT2D eigenvalue weighted by Gasteiger charge is -2.24. The van der Waals surface area contributed by atoms with Crippen molar-refractivity contribution < 1.29 is 5.11 Å². The van der Waals surface area contributed by atoms with Crippen molar-refractivity contribution >= 4 is 0 Å². The molecule has 1 saturated carbocycles. The Bertz CT molecular complexity index is 275. The van der Waals surface area contributed by atoms with Crippen molar-refractivity contribution in [3.8, 4) is 0 Å². The molecule has 1 aromatic rings. The van der Waals surface area contributed by atoms with Gasteiger partial charge in [0.05, 0.1) is 6.10 Å². The maximum atomic E-state index is 10.1. The van der Waals surface area contributed by atoms with E-state index >= 15 is 0 Å². The van der Waals surface area contributed by atoms with Gasteiger partial charge in [-0.05, 0) is 17.9 Å². The largest absolute Gasteiger partial charge is 0.388 e. The molecule has 1 unspecified atom stereocenters. The second-order valence-corrected chi connectivity index (χ2v) is 4.67. The minimum atomic E-state index is -0.255. The number of hydrogen-bond acceptors (Lipinski definition) is 1. The minimum absolute atomic E-state index is 0.255. The highest BCUT2D eigenvalue weighted by molar-refractivity contribution is 5.17. The van der Waals surface area contributed by atoms with E-state index < -0.39 is 0 Å². The summed E-state index contributed by atoms with van der Waals surface area (Å²) < 4.78 is 0. The zero-order valence-corrected chi connectivity index (χ0v) is 9.23. The maximum absolute atomic E-state index is 10.1. The summed E-state index contributed by atoms with van der Waals surface area (Å²) in [5.74, 6) is 0.744. The van der Waals surface area contributed by atoms with Crippen LogP contribution in [0.3, 0.4) is 0 Å². The number of rotatable bonds is 3. The number of hydrogen-bond donors (Lipinski definition) is 1. The van der Waals surface area contributed by atoms with Crippen molar-refractivity contribution in [2.45, 2.75) is 44.6 Å². The molecule has 1 heteroatoms. The zero-order valence-electron chi connectivity index (χ0n) is 9.23. The van der Waals surface area contributed by atoms with Gasteiger partial charge in [-0.25, -0.2) is 0 Å². The van der Waals surface area contributed by atoms with Crippen LogP contribution in [0.1, 0.15) is 50.2 Å². The van der Waals surface area contributed by atoms with Crippen LogP contribution in [0, 0.1) is 5.92 Å². The molecule has 2 rings (SSSR count). The molecule has 0 saturated heterocycles. The third-order valence-corrected chi connectivity index (χ3v) is 3.47.